The highest BCUT2D eigenvalue weighted by molar-refractivity contribution is 6.05. The molecule has 1 aromatic carbocycles. The molecule has 5 heteroatoms. The molecule has 1 heterocycles. The van der Waals surface area contributed by atoms with Crippen LogP contribution < -0.4 is 5.32 Å². The van der Waals surface area contributed by atoms with Gasteiger partial charge in [0.25, 0.3) is 5.91 Å². The van der Waals surface area contributed by atoms with Crippen LogP contribution in [-0.2, 0) is 4.74 Å². The number of aliphatic hydroxyl groups excluding tert-OH is 1. The summed E-state index contributed by atoms with van der Waals surface area (Å²) in [5.41, 5.74) is 1.16. The van der Waals surface area contributed by atoms with E-state index >= 15 is 0 Å². The molecule has 0 aliphatic rings. The molecule has 0 saturated carbocycles. The number of pyridine rings is 1. The third kappa shape index (κ3) is 3.27. The molecular formula is C14H16N2O3. The first-order valence-electron chi connectivity index (χ1n) is 6.01. The molecule has 1 atom stereocenters. The number of amides is 1. The quantitative estimate of drug-likeness (QED) is 0.840. The summed E-state index contributed by atoms with van der Waals surface area (Å²) in [6.45, 7) is 0.337. The molecule has 19 heavy (non-hydrogen) atoms. The van der Waals surface area contributed by atoms with Gasteiger partial charge in [-0.05, 0) is 12.1 Å². The number of hydrogen-bond donors (Lipinski definition) is 2. The molecule has 1 amide bonds. The number of hydrogen-bond acceptors (Lipinski definition) is 4. The number of rotatable bonds is 5. The second-order valence-electron chi connectivity index (χ2n) is 4.20. The predicted molar refractivity (Wildman–Crippen MR) is 72.0 cm³/mol. The van der Waals surface area contributed by atoms with Gasteiger partial charge in [0, 0.05) is 25.2 Å². The molecule has 100 valence electrons. The molecule has 5 nitrogen and oxygen atoms in total. The Balaban J connectivity index is 2.13. The summed E-state index contributed by atoms with van der Waals surface area (Å²) >= 11 is 0. The molecule has 1 unspecified atom stereocenters. The molecule has 2 N–H and O–H groups in total. The van der Waals surface area contributed by atoms with Crippen LogP contribution in [0, 0.1) is 0 Å². The van der Waals surface area contributed by atoms with E-state index in [2.05, 4.69) is 10.3 Å². The van der Waals surface area contributed by atoms with Crippen molar-refractivity contribution in [3.05, 3.63) is 42.1 Å². The van der Waals surface area contributed by atoms with E-state index in [0.29, 0.717) is 11.1 Å². The molecule has 0 fully saturated rings. The number of carbonyl (C=O) groups is 1. The van der Waals surface area contributed by atoms with Gasteiger partial charge in [-0.3, -0.25) is 9.78 Å². The normalized spacial score (nSPS) is 12.3. The Labute approximate surface area is 111 Å². The average Bonchev–Trinajstić information content (AvgIpc) is 2.44. The Morgan fingerprint density at radius 2 is 2.21 bits per heavy atom. The first kappa shape index (κ1) is 13.5. The number of benzene rings is 1. The van der Waals surface area contributed by atoms with Gasteiger partial charge in [-0.1, -0.05) is 18.2 Å². The van der Waals surface area contributed by atoms with Crippen molar-refractivity contribution < 1.29 is 14.6 Å². The fourth-order valence-electron chi connectivity index (χ4n) is 1.84. The van der Waals surface area contributed by atoms with Crippen LogP contribution in [0.15, 0.2) is 36.5 Å². The molecule has 1 aromatic heterocycles. The van der Waals surface area contributed by atoms with Crippen molar-refractivity contribution in [3.8, 4) is 0 Å². The second kappa shape index (κ2) is 6.26. The highest BCUT2D eigenvalue weighted by Crippen LogP contribution is 2.15. The Hall–Kier alpha value is -1.98. The van der Waals surface area contributed by atoms with Crippen LogP contribution >= 0.6 is 0 Å². The average molecular weight is 260 g/mol. The van der Waals surface area contributed by atoms with Crippen molar-refractivity contribution >= 4 is 16.8 Å². The molecule has 2 rings (SSSR count). The molecular weight excluding hydrogens is 244 g/mol. The summed E-state index contributed by atoms with van der Waals surface area (Å²) in [5, 5.41) is 13.1. The van der Waals surface area contributed by atoms with Crippen LogP contribution in [-0.4, -0.2) is 42.4 Å². The lowest BCUT2D eigenvalue weighted by atomic mass is 10.1. The molecule has 0 spiro atoms. The first-order chi connectivity index (χ1) is 9.22. The Kier molecular flexibility index (Phi) is 4.43. The van der Waals surface area contributed by atoms with E-state index in [1.807, 2.05) is 24.3 Å². The van der Waals surface area contributed by atoms with Gasteiger partial charge in [-0.25, -0.2) is 0 Å². The Morgan fingerprint density at radius 1 is 1.42 bits per heavy atom. The highest BCUT2D eigenvalue weighted by Gasteiger charge is 2.12. The van der Waals surface area contributed by atoms with Gasteiger partial charge in [0.15, 0.2) is 0 Å². The molecule has 2 aromatic rings. The summed E-state index contributed by atoms with van der Waals surface area (Å²) in [7, 11) is 1.50. The fraction of sp³-hybridized carbons (Fsp3) is 0.286. The van der Waals surface area contributed by atoms with Gasteiger partial charge in [0.05, 0.1) is 23.8 Å². The molecule has 0 aliphatic carbocycles. The lowest BCUT2D eigenvalue weighted by molar-refractivity contribution is 0.0610. The molecule has 0 radical (unpaired) electrons. The lowest BCUT2D eigenvalue weighted by Crippen LogP contribution is -2.34. The SMILES string of the molecule is COCC(O)CNC(=O)c1cccc2cccnc12. The van der Waals surface area contributed by atoms with E-state index < -0.39 is 6.10 Å². The zero-order valence-electron chi connectivity index (χ0n) is 10.7. The maximum absolute atomic E-state index is 12.1. The molecule has 0 aliphatic heterocycles. The van der Waals surface area contributed by atoms with Crippen molar-refractivity contribution in [2.75, 3.05) is 20.3 Å². The number of aromatic nitrogens is 1. The topological polar surface area (TPSA) is 71.5 Å². The third-order valence-electron chi connectivity index (χ3n) is 2.73. The van der Waals surface area contributed by atoms with E-state index in [-0.39, 0.29) is 19.1 Å². The summed E-state index contributed by atoms with van der Waals surface area (Å²) in [6.07, 6.45) is 0.940. The first-order valence-corrected chi connectivity index (χ1v) is 6.01. The second-order valence-corrected chi connectivity index (χ2v) is 4.20. The predicted octanol–water partition coefficient (Wildman–Crippen LogP) is 0.972. The van der Waals surface area contributed by atoms with Crippen LogP contribution in [0.1, 0.15) is 10.4 Å². The minimum atomic E-state index is -0.711. The van der Waals surface area contributed by atoms with Gasteiger partial charge in [-0.2, -0.15) is 0 Å². The van der Waals surface area contributed by atoms with Gasteiger partial charge in [0.2, 0.25) is 0 Å². The highest BCUT2D eigenvalue weighted by atomic mass is 16.5. The van der Waals surface area contributed by atoms with Crippen LogP contribution in [0.4, 0.5) is 0 Å². The maximum Gasteiger partial charge on any atom is 0.253 e. The van der Waals surface area contributed by atoms with Crippen LogP contribution in [0.5, 0.6) is 0 Å². The van der Waals surface area contributed by atoms with E-state index in [1.165, 1.54) is 7.11 Å². The summed E-state index contributed by atoms with van der Waals surface area (Å²) in [4.78, 5) is 16.3. The third-order valence-corrected chi connectivity index (χ3v) is 2.73. The number of para-hydroxylation sites is 1. The number of aliphatic hydroxyl groups is 1. The minimum absolute atomic E-state index is 0.149. The molecule has 0 bridgehead atoms. The smallest absolute Gasteiger partial charge is 0.253 e. The van der Waals surface area contributed by atoms with E-state index in [0.717, 1.165) is 5.39 Å². The number of methoxy groups -OCH3 is 1. The standard InChI is InChI=1S/C14H16N2O3/c1-19-9-11(17)8-16-14(18)12-6-2-4-10-5-3-7-15-13(10)12/h2-7,11,17H,8-9H2,1H3,(H,16,18). The van der Waals surface area contributed by atoms with Crippen molar-refractivity contribution in [3.63, 3.8) is 0 Å². The Bertz CT molecular complexity index is 566. The zero-order chi connectivity index (χ0) is 13.7. The van der Waals surface area contributed by atoms with Crippen LogP contribution in [0.2, 0.25) is 0 Å². The number of nitrogens with zero attached hydrogens (tertiary/aromatic N) is 1. The van der Waals surface area contributed by atoms with Crippen molar-refractivity contribution in [2.45, 2.75) is 6.10 Å². The number of carbonyl (C=O) groups excluding carboxylic acids is 1. The van der Waals surface area contributed by atoms with Crippen LogP contribution in [0.25, 0.3) is 10.9 Å². The maximum atomic E-state index is 12.1. The van der Waals surface area contributed by atoms with E-state index in [1.54, 1.807) is 12.3 Å². The lowest BCUT2D eigenvalue weighted by Gasteiger charge is -2.11. The number of nitrogens with one attached hydrogen (secondary N) is 1. The fourth-order valence-corrected chi connectivity index (χ4v) is 1.84. The van der Waals surface area contributed by atoms with Gasteiger partial charge in [0.1, 0.15) is 0 Å². The largest absolute Gasteiger partial charge is 0.389 e. The number of ether oxygens (including phenoxy) is 1. The molecule has 0 saturated heterocycles. The van der Waals surface area contributed by atoms with E-state index in [9.17, 15) is 9.90 Å². The van der Waals surface area contributed by atoms with Crippen molar-refractivity contribution in [1.29, 1.82) is 0 Å². The number of fused-ring (bicyclic) bond motifs is 1. The zero-order valence-corrected chi connectivity index (χ0v) is 10.7. The van der Waals surface area contributed by atoms with Crippen LogP contribution in [0.3, 0.4) is 0 Å². The summed E-state index contributed by atoms with van der Waals surface area (Å²) in [5.74, 6) is -0.251. The summed E-state index contributed by atoms with van der Waals surface area (Å²) < 4.78 is 4.80. The Morgan fingerprint density at radius 3 is 3.00 bits per heavy atom. The van der Waals surface area contributed by atoms with Crippen molar-refractivity contribution in [1.82, 2.24) is 10.3 Å². The van der Waals surface area contributed by atoms with Gasteiger partial charge >= 0.3 is 0 Å². The van der Waals surface area contributed by atoms with E-state index in [4.69, 9.17) is 4.74 Å². The summed E-state index contributed by atoms with van der Waals surface area (Å²) in [6, 6.07) is 9.15. The van der Waals surface area contributed by atoms with Crippen molar-refractivity contribution in [2.24, 2.45) is 0 Å². The minimum Gasteiger partial charge on any atom is -0.389 e. The monoisotopic (exact) mass is 260 g/mol. The van der Waals surface area contributed by atoms with Gasteiger partial charge < -0.3 is 15.2 Å². The van der Waals surface area contributed by atoms with Gasteiger partial charge in [-0.15, -0.1) is 0 Å².